The average molecular weight is 372 g/mol. The number of nitrogens with one attached hydrogen (secondary N) is 2. The Morgan fingerprint density at radius 2 is 1.85 bits per heavy atom. The Balaban J connectivity index is 1.54. The molecule has 0 atom stereocenters. The van der Waals surface area contributed by atoms with Gasteiger partial charge in [-0.2, -0.15) is 0 Å². The maximum atomic E-state index is 12.4. The zero-order valence-corrected chi connectivity index (χ0v) is 15.8. The lowest BCUT2D eigenvalue weighted by Gasteiger charge is -2.18. The third-order valence-corrected chi connectivity index (χ3v) is 5.35. The fourth-order valence-electron chi connectivity index (χ4n) is 2.99. The molecule has 138 valence electrons. The van der Waals surface area contributed by atoms with Crippen molar-refractivity contribution in [1.29, 1.82) is 0 Å². The van der Waals surface area contributed by atoms with Gasteiger partial charge in [0.2, 0.25) is 5.91 Å². The molecule has 0 saturated carbocycles. The number of aromatic nitrogens is 1. The van der Waals surface area contributed by atoms with Crippen LogP contribution in [0.3, 0.4) is 0 Å². The molecule has 0 aliphatic carbocycles. The molecular formula is C19H24N4O2S. The molecule has 1 saturated heterocycles. The summed E-state index contributed by atoms with van der Waals surface area (Å²) < 4.78 is 0. The number of likely N-dealkylation sites (tertiary alicyclic amines) is 1. The van der Waals surface area contributed by atoms with E-state index >= 15 is 0 Å². The zero-order valence-electron chi connectivity index (χ0n) is 15.0. The van der Waals surface area contributed by atoms with Crippen LogP contribution >= 0.6 is 11.3 Å². The Morgan fingerprint density at radius 3 is 2.58 bits per heavy atom. The van der Waals surface area contributed by atoms with Gasteiger partial charge in [0, 0.05) is 5.69 Å². The summed E-state index contributed by atoms with van der Waals surface area (Å²) >= 11 is 1.19. The summed E-state index contributed by atoms with van der Waals surface area (Å²) in [5, 5.41) is 6.14. The lowest BCUT2D eigenvalue weighted by Crippen LogP contribution is -2.33. The van der Waals surface area contributed by atoms with Crippen LogP contribution < -0.4 is 10.6 Å². The predicted molar refractivity (Wildman–Crippen MR) is 105 cm³/mol. The normalized spacial score (nSPS) is 15.3. The minimum absolute atomic E-state index is 0.0767. The fraction of sp³-hybridized carbons (Fsp3) is 0.421. The molecule has 0 spiro atoms. The van der Waals surface area contributed by atoms with E-state index in [1.807, 2.05) is 31.2 Å². The molecule has 0 unspecified atom stereocenters. The molecule has 2 N–H and O–H groups in total. The Morgan fingerprint density at radius 1 is 1.12 bits per heavy atom. The maximum Gasteiger partial charge on any atom is 0.267 e. The van der Waals surface area contributed by atoms with Crippen molar-refractivity contribution in [3.05, 3.63) is 40.9 Å². The minimum atomic E-state index is -0.218. The third kappa shape index (κ3) is 5.12. The lowest BCUT2D eigenvalue weighted by atomic mass is 10.2. The number of amides is 2. The Bertz CT molecular complexity index is 766. The van der Waals surface area contributed by atoms with E-state index in [1.165, 1.54) is 30.4 Å². The van der Waals surface area contributed by atoms with Crippen molar-refractivity contribution in [1.82, 2.24) is 9.88 Å². The smallest absolute Gasteiger partial charge is 0.267 e. The van der Waals surface area contributed by atoms with Gasteiger partial charge in [-0.15, -0.1) is 0 Å². The monoisotopic (exact) mass is 372 g/mol. The van der Waals surface area contributed by atoms with E-state index in [-0.39, 0.29) is 11.8 Å². The van der Waals surface area contributed by atoms with Crippen LogP contribution in [0.2, 0.25) is 0 Å². The van der Waals surface area contributed by atoms with Crippen LogP contribution in [0.25, 0.3) is 0 Å². The summed E-state index contributed by atoms with van der Waals surface area (Å²) in [6.07, 6.45) is 6.27. The summed E-state index contributed by atoms with van der Waals surface area (Å²) in [5.74, 6) is -0.295. The first-order valence-corrected chi connectivity index (χ1v) is 9.78. The standard InChI is InChI=1S/C19H24N4O2S/c1-14-8-4-5-9-15(14)21-18(25)16-12-20-19(26-16)22-17(24)13-23-10-6-2-3-7-11-23/h4-5,8-9,12H,2-3,6-7,10-11,13H2,1H3,(H,21,25)(H,20,22,24). The molecule has 1 aliphatic heterocycles. The molecule has 2 aromatic rings. The van der Waals surface area contributed by atoms with Crippen molar-refractivity contribution in [2.45, 2.75) is 32.6 Å². The molecule has 0 radical (unpaired) electrons. The molecule has 1 aromatic carbocycles. The van der Waals surface area contributed by atoms with E-state index in [0.717, 1.165) is 37.2 Å². The van der Waals surface area contributed by atoms with Crippen molar-refractivity contribution in [2.75, 3.05) is 30.3 Å². The van der Waals surface area contributed by atoms with Crippen LogP contribution in [0.1, 0.15) is 40.9 Å². The van der Waals surface area contributed by atoms with Crippen molar-refractivity contribution in [3.63, 3.8) is 0 Å². The molecule has 1 aliphatic rings. The van der Waals surface area contributed by atoms with Gasteiger partial charge in [-0.3, -0.25) is 14.5 Å². The average Bonchev–Trinajstić information content (AvgIpc) is 2.93. The highest BCUT2D eigenvalue weighted by Gasteiger charge is 2.16. The molecule has 2 amide bonds. The summed E-state index contributed by atoms with van der Waals surface area (Å²) in [6, 6.07) is 7.61. The van der Waals surface area contributed by atoms with Gasteiger partial charge in [0.25, 0.3) is 5.91 Å². The maximum absolute atomic E-state index is 12.4. The molecule has 26 heavy (non-hydrogen) atoms. The first kappa shape index (κ1) is 18.5. The van der Waals surface area contributed by atoms with E-state index in [0.29, 0.717) is 16.6 Å². The molecule has 1 fully saturated rings. The number of hydrogen-bond acceptors (Lipinski definition) is 5. The molecule has 3 rings (SSSR count). The predicted octanol–water partition coefficient (Wildman–Crippen LogP) is 3.52. The van der Waals surface area contributed by atoms with Crippen LogP contribution in [-0.2, 0) is 4.79 Å². The lowest BCUT2D eigenvalue weighted by molar-refractivity contribution is -0.117. The summed E-state index contributed by atoms with van der Waals surface area (Å²) in [7, 11) is 0. The van der Waals surface area contributed by atoms with E-state index in [4.69, 9.17) is 0 Å². The number of thiazole rings is 1. The number of rotatable bonds is 5. The zero-order chi connectivity index (χ0) is 18.4. The van der Waals surface area contributed by atoms with Gasteiger partial charge in [0.1, 0.15) is 4.88 Å². The largest absolute Gasteiger partial charge is 0.321 e. The minimum Gasteiger partial charge on any atom is -0.321 e. The number of anilines is 2. The van der Waals surface area contributed by atoms with E-state index in [1.54, 1.807) is 0 Å². The van der Waals surface area contributed by atoms with Gasteiger partial charge < -0.3 is 10.6 Å². The Labute approximate surface area is 157 Å². The Hall–Kier alpha value is -2.25. The number of benzene rings is 1. The van der Waals surface area contributed by atoms with Gasteiger partial charge in [-0.05, 0) is 44.5 Å². The first-order valence-electron chi connectivity index (χ1n) is 8.97. The molecule has 0 bridgehead atoms. The second-order valence-corrected chi connectivity index (χ2v) is 7.57. The number of carbonyl (C=O) groups excluding carboxylic acids is 2. The van der Waals surface area contributed by atoms with Crippen molar-refractivity contribution in [3.8, 4) is 0 Å². The number of para-hydroxylation sites is 1. The summed E-state index contributed by atoms with van der Waals surface area (Å²) in [4.78, 5) is 31.4. The number of nitrogens with zero attached hydrogens (tertiary/aromatic N) is 2. The quantitative estimate of drug-likeness (QED) is 0.842. The second kappa shape index (κ2) is 8.91. The summed E-state index contributed by atoms with van der Waals surface area (Å²) in [6.45, 7) is 4.26. The van der Waals surface area contributed by atoms with Crippen LogP contribution in [0.4, 0.5) is 10.8 Å². The van der Waals surface area contributed by atoms with Crippen molar-refractivity contribution < 1.29 is 9.59 Å². The third-order valence-electron chi connectivity index (χ3n) is 4.43. The van der Waals surface area contributed by atoms with Gasteiger partial charge in [-0.1, -0.05) is 42.4 Å². The highest BCUT2D eigenvalue weighted by Crippen LogP contribution is 2.21. The topological polar surface area (TPSA) is 74.3 Å². The highest BCUT2D eigenvalue weighted by molar-refractivity contribution is 7.17. The molecular weight excluding hydrogens is 348 g/mol. The van der Waals surface area contributed by atoms with Crippen LogP contribution in [0.15, 0.2) is 30.5 Å². The van der Waals surface area contributed by atoms with Gasteiger partial charge >= 0.3 is 0 Å². The number of hydrogen-bond donors (Lipinski definition) is 2. The molecule has 2 heterocycles. The van der Waals surface area contributed by atoms with Crippen LogP contribution in [0.5, 0.6) is 0 Å². The van der Waals surface area contributed by atoms with Gasteiger partial charge in [-0.25, -0.2) is 4.98 Å². The van der Waals surface area contributed by atoms with Gasteiger partial charge in [0.15, 0.2) is 5.13 Å². The van der Waals surface area contributed by atoms with Gasteiger partial charge in [0.05, 0.1) is 12.7 Å². The van der Waals surface area contributed by atoms with Crippen molar-refractivity contribution >= 4 is 34.0 Å². The van der Waals surface area contributed by atoms with E-state index in [9.17, 15) is 9.59 Å². The van der Waals surface area contributed by atoms with Crippen molar-refractivity contribution in [2.24, 2.45) is 0 Å². The molecule has 6 nitrogen and oxygen atoms in total. The van der Waals surface area contributed by atoms with E-state index < -0.39 is 0 Å². The van der Waals surface area contributed by atoms with Crippen LogP contribution in [0, 0.1) is 6.92 Å². The summed E-state index contributed by atoms with van der Waals surface area (Å²) in [5.41, 5.74) is 1.77. The first-order chi connectivity index (χ1) is 12.6. The second-order valence-electron chi connectivity index (χ2n) is 6.54. The van der Waals surface area contributed by atoms with E-state index in [2.05, 4.69) is 20.5 Å². The fourth-order valence-corrected chi connectivity index (χ4v) is 3.72. The number of carbonyl (C=O) groups is 2. The highest BCUT2D eigenvalue weighted by atomic mass is 32.1. The molecule has 7 heteroatoms. The Kier molecular flexibility index (Phi) is 6.35. The SMILES string of the molecule is Cc1ccccc1NC(=O)c1cnc(NC(=O)CN2CCCCCC2)s1. The number of aryl methyl sites for hydroxylation is 1. The molecule has 1 aromatic heterocycles. The van der Waals surface area contributed by atoms with Crippen LogP contribution in [-0.4, -0.2) is 41.3 Å².